The third-order valence-corrected chi connectivity index (χ3v) is 2.10. The highest BCUT2D eigenvalue weighted by Crippen LogP contribution is 2.14. The van der Waals surface area contributed by atoms with Gasteiger partial charge in [0.25, 0.3) is 5.88 Å². The lowest BCUT2D eigenvalue weighted by Crippen LogP contribution is -2.22. The van der Waals surface area contributed by atoms with Crippen LogP contribution in [0.15, 0.2) is 6.20 Å². The Morgan fingerprint density at radius 2 is 2.05 bits per heavy atom. The van der Waals surface area contributed by atoms with Crippen LogP contribution in [-0.2, 0) is 4.74 Å². The molecule has 19 heavy (non-hydrogen) atoms. The molecule has 1 heterocycles. The van der Waals surface area contributed by atoms with Gasteiger partial charge in [-0.25, -0.2) is 4.98 Å². The third kappa shape index (κ3) is 6.33. The molecule has 1 N–H and O–H groups in total. The predicted octanol–water partition coefficient (Wildman–Crippen LogP) is 2.63. The number of hydrogen-bond acceptors (Lipinski definition) is 5. The standard InChI is InChI=1S/C13H22FN3O2/c1-5-6-15-12-16-9-10(14)11(17-12)18-7-8-19-13(2,3)4/h9H,5-8H2,1-4H3,(H,15,16,17). The number of anilines is 1. The number of halogens is 1. The molecule has 0 radical (unpaired) electrons. The number of nitrogens with one attached hydrogen (secondary N) is 1. The van der Waals surface area contributed by atoms with Crippen molar-refractivity contribution in [2.45, 2.75) is 39.7 Å². The maximum Gasteiger partial charge on any atom is 0.255 e. The van der Waals surface area contributed by atoms with Gasteiger partial charge in [-0.1, -0.05) is 6.92 Å². The number of aromatic nitrogens is 2. The van der Waals surface area contributed by atoms with E-state index in [9.17, 15) is 4.39 Å². The molecule has 0 fully saturated rings. The Labute approximate surface area is 113 Å². The van der Waals surface area contributed by atoms with E-state index in [0.29, 0.717) is 12.6 Å². The summed E-state index contributed by atoms with van der Waals surface area (Å²) in [4.78, 5) is 7.80. The Balaban J connectivity index is 2.47. The summed E-state index contributed by atoms with van der Waals surface area (Å²) in [5.74, 6) is -0.251. The molecule has 0 spiro atoms. The monoisotopic (exact) mass is 271 g/mol. The molecule has 1 aromatic rings. The van der Waals surface area contributed by atoms with Crippen molar-refractivity contribution < 1.29 is 13.9 Å². The van der Waals surface area contributed by atoms with Crippen molar-refractivity contribution in [3.8, 4) is 5.88 Å². The molecule has 0 atom stereocenters. The van der Waals surface area contributed by atoms with Gasteiger partial charge in [0.2, 0.25) is 11.8 Å². The van der Waals surface area contributed by atoms with Gasteiger partial charge in [-0.05, 0) is 27.2 Å². The van der Waals surface area contributed by atoms with E-state index in [0.717, 1.165) is 19.2 Å². The van der Waals surface area contributed by atoms with Gasteiger partial charge in [0.05, 0.1) is 18.4 Å². The zero-order chi connectivity index (χ0) is 14.3. The van der Waals surface area contributed by atoms with Crippen LogP contribution in [0.1, 0.15) is 34.1 Å². The minimum Gasteiger partial charge on any atom is -0.473 e. The van der Waals surface area contributed by atoms with E-state index < -0.39 is 5.82 Å². The van der Waals surface area contributed by atoms with Crippen LogP contribution in [0, 0.1) is 5.82 Å². The van der Waals surface area contributed by atoms with Crippen molar-refractivity contribution in [2.24, 2.45) is 0 Å². The first kappa shape index (κ1) is 15.6. The molecule has 108 valence electrons. The molecule has 0 aromatic carbocycles. The molecular weight excluding hydrogens is 249 g/mol. The predicted molar refractivity (Wildman–Crippen MR) is 72.0 cm³/mol. The fraction of sp³-hybridized carbons (Fsp3) is 0.692. The lowest BCUT2D eigenvalue weighted by atomic mass is 10.2. The van der Waals surface area contributed by atoms with Crippen molar-refractivity contribution in [1.29, 1.82) is 0 Å². The molecule has 6 heteroatoms. The fourth-order valence-electron chi connectivity index (χ4n) is 1.26. The van der Waals surface area contributed by atoms with Gasteiger partial charge in [0, 0.05) is 6.54 Å². The maximum atomic E-state index is 13.4. The average Bonchev–Trinajstić information content (AvgIpc) is 2.33. The normalized spacial score (nSPS) is 11.4. The highest BCUT2D eigenvalue weighted by atomic mass is 19.1. The Hall–Kier alpha value is -1.43. The van der Waals surface area contributed by atoms with Crippen LogP contribution in [-0.4, -0.2) is 35.3 Å². The number of ether oxygens (including phenoxy) is 2. The first-order chi connectivity index (χ1) is 8.92. The molecule has 0 amide bonds. The van der Waals surface area contributed by atoms with Gasteiger partial charge in [-0.2, -0.15) is 9.37 Å². The van der Waals surface area contributed by atoms with E-state index in [2.05, 4.69) is 15.3 Å². The van der Waals surface area contributed by atoms with Crippen LogP contribution in [0.2, 0.25) is 0 Å². The molecular formula is C13H22FN3O2. The summed E-state index contributed by atoms with van der Waals surface area (Å²) >= 11 is 0. The first-order valence-electron chi connectivity index (χ1n) is 6.45. The Kier molecular flexibility index (Phi) is 5.95. The third-order valence-electron chi connectivity index (χ3n) is 2.10. The molecule has 0 saturated carbocycles. The quantitative estimate of drug-likeness (QED) is 0.773. The van der Waals surface area contributed by atoms with Crippen molar-refractivity contribution in [3.63, 3.8) is 0 Å². The minimum atomic E-state index is -0.571. The molecule has 0 aliphatic rings. The van der Waals surface area contributed by atoms with Crippen LogP contribution < -0.4 is 10.1 Å². The molecule has 0 saturated heterocycles. The number of rotatable bonds is 7. The number of nitrogens with zero attached hydrogens (tertiary/aromatic N) is 2. The summed E-state index contributed by atoms with van der Waals surface area (Å²) in [6.07, 6.45) is 2.04. The smallest absolute Gasteiger partial charge is 0.255 e. The van der Waals surface area contributed by atoms with Crippen molar-refractivity contribution >= 4 is 5.95 Å². The average molecular weight is 271 g/mol. The molecule has 1 rings (SSSR count). The van der Waals surface area contributed by atoms with Crippen LogP contribution in [0.25, 0.3) is 0 Å². The largest absolute Gasteiger partial charge is 0.473 e. The fourth-order valence-corrected chi connectivity index (χ4v) is 1.26. The molecule has 5 nitrogen and oxygen atoms in total. The highest BCUT2D eigenvalue weighted by molar-refractivity contribution is 5.28. The Bertz CT molecular complexity index is 394. The van der Waals surface area contributed by atoms with Crippen molar-refractivity contribution in [1.82, 2.24) is 9.97 Å². The first-order valence-corrected chi connectivity index (χ1v) is 6.45. The summed E-state index contributed by atoms with van der Waals surface area (Å²) in [5, 5.41) is 2.98. The van der Waals surface area contributed by atoms with Gasteiger partial charge in [0.1, 0.15) is 6.61 Å². The number of hydrogen-bond donors (Lipinski definition) is 1. The minimum absolute atomic E-state index is 0.0499. The molecule has 0 unspecified atom stereocenters. The van der Waals surface area contributed by atoms with Crippen LogP contribution in [0.5, 0.6) is 5.88 Å². The van der Waals surface area contributed by atoms with E-state index >= 15 is 0 Å². The van der Waals surface area contributed by atoms with E-state index in [4.69, 9.17) is 9.47 Å². The topological polar surface area (TPSA) is 56.3 Å². The lowest BCUT2D eigenvalue weighted by molar-refractivity contribution is -0.0172. The van der Waals surface area contributed by atoms with Crippen LogP contribution in [0.4, 0.5) is 10.3 Å². The van der Waals surface area contributed by atoms with E-state index in [1.807, 2.05) is 27.7 Å². The zero-order valence-corrected chi connectivity index (χ0v) is 12.0. The van der Waals surface area contributed by atoms with Gasteiger partial charge < -0.3 is 14.8 Å². The van der Waals surface area contributed by atoms with E-state index in [1.165, 1.54) is 0 Å². The van der Waals surface area contributed by atoms with Gasteiger partial charge in [-0.3, -0.25) is 0 Å². The van der Waals surface area contributed by atoms with Crippen molar-refractivity contribution in [2.75, 3.05) is 25.1 Å². The van der Waals surface area contributed by atoms with Crippen LogP contribution in [0.3, 0.4) is 0 Å². The second kappa shape index (κ2) is 7.23. The molecule has 0 aliphatic heterocycles. The SMILES string of the molecule is CCCNc1ncc(F)c(OCCOC(C)(C)C)n1. The van der Waals surface area contributed by atoms with Gasteiger partial charge in [-0.15, -0.1) is 0 Å². The summed E-state index contributed by atoms with van der Waals surface area (Å²) in [6, 6.07) is 0. The maximum absolute atomic E-state index is 13.4. The van der Waals surface area contributed by atoms with Crippen LogP contribution >= 0.6 is 0 Å². The van der Waals surface area contributed by atoms with Gasteiger partial charge >= 0.3 is 0 Å². The van der Waals surface area contributed by atoms with Gasteiger partial charge in [0.15, 0.2) is 0 Å². The second-order valence-electron chi connectivity index (χ2n) is 5.08. The summed E-state index contributed by atoms with van der Waals surface area (Å²) < 4.78 is 24.2. The van der Waals surface area contributed by atoms with E-state index in [-0.39, 0.29) is 18.1 Å². The lowest BCUT2D eigenvalue weighted by Gasteiger charge is -2.19. The Morgan fingerprint density at radius 3 is 2.68 bits per heavy atom. The van der Waals surface area contributed by atoms with Crippen molar-refractivity contribution in [3.05, 3.63) is 12.0 Å². The zero-order valence-electron chi connectivity index (χ0n) is 12.0. The molecule has 0 bridgehead atoms. The second-order valence-corrected chi connectivity index (χ2v) is 5.08. The molecule has 1 aromatic heterocycles. The summed E-state index contributed by atoms with van der Waals surface area (Å²) in [6.45, 7) is 9.24. The Morgan fingerprint density at radius 1 is 1.32 bits per heavy atom. The molecule has 0 aliphatic carbocycles. The summed E-state index contributed by atoms with van der Waals surface area (Å²) in [5.41, 5.74) is -0.235. The highest BCUT2D eigenvalue weighted by Gasteiger charge is 2.11. The van der Waals surface area contributed by atoms with E-state index in [1.54, 1.807) is 0 Å². The summed E-state index contributed by atoms with van der Waals surface area (Å²) in [7, 11) is 0.